The highest BCUT2D eigenvalue weighted by atomic mass is 32.1. The second-order valence-electron chi connectivity index (χ2n) is 5.48. The van der Waals surface area contributed by atoms with E-state index in [1.54, 1.807) is 0 Å². The van der Waals surface area contributed by atoms with Crippen LogP contribution in [0.2, 0.25) is 0 Å². The van der Waals surface area contributed by atoms with Crippen LogP contribution < -0.4 is 11.0 Å². The van der Waals surface area contributed by atoms with Gasteiger partial charge < -0.3 is 0 Å². The zero-order chi connectivity index (χ0) is 19.6. The fourth-order valence-corrected chi connectivity index (χ4v) is 2.99. The Labute approximate surface area is 154 Å². The van der Waals surface area contributed by atoms with Gasteiger partial charge >= 0.3 is 11.9 Å². The third kappa shape index (κ3) is 4.59. The second-order valence-corrected chi connectivity index (χ2v) is 6.49. The maximum atomic E-state index is 12.9. The molecule has 0 saturated carbocycles. The molecule has 0 atom stereocenters. The zero-order valence-electron chi connectivity index (χ0n) is 13.5. The third-order valence-corrected chi connectivity index (χ3v) is 4.41. The van der Waals surface area contributed by atoms with Crippen molar-refractivity contribution < 1.29 is 22.4 Å². The Balaban J connectivity index is 1.72. The molecule has 0 fully saturated rings. The Bertz CT molecular complexity index is 1010. The van der Waals surface area contributed by atoms with Crippen molar-refractivity contribution in [2.75, 3.05) is 5.32 Å². The number of halogens is 4. The zero-order valence-corrected chi connectivity index (χ0v) is 14.3. The van der Waals surface area contributed by atoms with Crippen molar-refractivity contribution in [3.63, 3.8) is 0 Å². The van der Waals surface area contributed by atoms with Gasteiger partial charge in [0.05, 0.1) is 12.1 Å². The first-order valence-electron chi connectivity index (χ1n) is 7.53. The van der Waals surface area contributed by atoms with Crippen LogP contribution in [0.15, 0.2) is 53.3 Å². The molecule has 1 amide bonds. The summed E-state index contributed by atoms with van der Waals surface area (Å²) in [5.41, 5.74) is -0.761. The van der Waals surface area contributed by atoms with Crippen LogP contribution in [-0.4, -0.2) is 14.8 Å². The molecule has 10 heteroatoms. The Kier molecular flexibility index (Phi) is 5.08. The van der Waals surface area contributed by atoms with E-state index in [0.29, 0.717) is 5.56 Å². The van der Waals surface area contributed by atoms with Crippen molar-refractivity contribution in [3.05, 3.63) is 81.5 Å². The van der Waals surface area contributed by atoms with E-state index in [9.17, 15) is 27.2 Å². The molecule has 3 aromatic rings. The number of amides is 1. The van der Waals surface area contributed by atoms with E-state index in [0.717, 1.165) is 35.8 Å². The predicted octanol–water partition coefficient (Wildman–Crippen LogP) is 3.76. The van der Waals surface area contributed by atoms with E-state index in [1.807, 2.05) is 0 Å². The minimum Gasteiger partial charge on any atom is -0.297 e. The summed E-state index contributed by atoms with van der Waals surface area (Å²) in [5, 5.41) is 2.46. The van der Waals surface area contributed by atoms with E-state index >= 15 is 0 Å². The number of aromatic nitrogens is 2. The lowest BCUT2D eigenvalue weighted by Gasteiger charge is -2.07. The van der Waals surface area contributed by atoms with E-state index in [-0.39, 0.29) is 17.2 Å². The maximum Gasteiger partial charge on any atom is 0.416 e. The van der Waals surface area contributed by atoms with E-state index in [1.165, 1.54) is 28.2 Å². The van der Waals surface area contributed by atoms with Gasteiger partial charge in [0.25, 0.3) is 5.91 Å². The van der Waals surface area contributed by atoms with E-state index in [2.05, 4.69) is 10.3 Å². The summed E-state index contributed by atoms with van der Waals surface area (Å²) in [6.45, 7) is 0.0149. The summed E-state index contributed by atoms with van der Waals surface area (Å²) in [4.78, 5) is 27.7. The number of rotatable bonds is 4. The van der Waals surface area contributed by atoms with Crippen LogP contribution in [0.4, 0.5) is 22.7 Å². The average molecular weight is 397 g/mol. The molecular formula is C17H11F4N3O2S. The minimum absolute atomic E-state index is 0.0149. The molecule has 5 nitrogen and oxygen atoms in total. The Hall–Kier alpha value is -3.01. The lowest BCUT2D eigenvalue weighted by Crippen LogP contribution is -2.16. The van der Waals surface area contributed by atoms with Gasteiger partial charge in [-0.1, -0.05) is 12.1 Å². The smallest absolute Gasteiger partial charge is 0.297 e. The predicted molar refractivity (Wildman–Crippen MR) is 91.3 cm³/mol. The maximum absolute atomic E-state index is 12.9. The van der Waals surface area contributed by atoms with Gasteiger partial charge in [-0.25, -0.2) is 13.1 Å². The number of alkyl halides is 3. The molecule has 0 saturated heterocycles. The van der Waals surface area contributed by atoms with Crippen LogP contribution in [0.5, 0.6) is 0 Å². The molecule has 3 rings (SSSR count). The van der Waals surface area contributed by atoms with Gasteiger partial charge in [-0.05, 0) is 53.5 Å². The molecule has 1 heterocycles. The second kappa shape index (κ2) is 7.31. The molecule has 1 N–H and O–H groups in total. The van der Waals surface area contributed by atoms with Crippen molar-refractivity contribution >= 4 is 22.6 Å². The molecule has 140 valence electrons. The standard InChI is InChI=1S/C17H11F4N3O2S/c18-13-7-3-11(4-8-13)14(25)22-15-23-16(26)24(27-15)9-10-1-5-12(6-2-10)17(19,20)21/h1-8H,9H2,(H,22,23,25,26). The number of benzene rings is 2. The fraction of sp³-hybridized carbons (Fsp3) is 0.118. The topological polar surface area (TPSA) is 64.0 Å². The van der Waals surface area contributed by atoms with Crippen LogP contribution in [0.3, 0.4) is 0 Å². The summed E-state index contributed by atoms with van der Waals surface area (Å²) in [5.74, 6) is -1.05. The Morgan fingerprint density at radius 1 is 1.07 bits per heavy atom. The first kappa shape index (κ1) is 18.8. The van der Waals surface area contributed by atoms with E-state index in [4.69, 9.17) is 0 Å². The van der Waals surface area contributed by atoms with Gasteiger partial charge in [-0.2, -0.15) is 18.2 Å². The van der Waals surface area contributed by atoms with Crippen LogP contribution >= 0.6 is 11.5 Å². The van der Waals surface area contributed by atoms with Gasteiger partial charge in [-0.15, -0.1) is 0 Å². The molecule has 0 aliphatic carbocycles. The van der Waals surface area contributed by atoms with Crippen molar-refractivity contribution in [2.24, 2.45) is 0 Å². The van der Waals surface area contributed by atoms with Crippen molar-refractivity contribution in [3.8, 4) is 0 Å². The number of carbonyl (C=O) groups is 1. The quantitative estimate of drug-likeness (QED) is 0.682. The average Bonchev–Trinajstić information content (AvgIpc) is 2.94. The molecule has 0 radical (unpaired) electrons. The number of nitrogens with one attached hydrogen (secondary N) is 1. The van der Waals surface area contributed by atoms with Crippen molar-refractivity contribution in [1.82, 2.24) is 8.94 Å². The summed E-state index contributed by atoms with van der Waals surface area (Å²) < 4.78 is 51.8. The first-order chi connectivity index (χ1) is 12.7. The molecule has 0 aliphatic rings. The summed E-state index contributed by atoms with van der Waals surface area (Å²) in [6, 6.07) is 9.22. The van der Waals surface area contributed by atoms with Gasteiger partial charge in [0.15, 0.2) is 0 Å². The monoisotopic (exact) mass is 397 g/mol. The number of anilines is 1. The Morgan fingerprint density at radius 2 is 1.70 bits per heavy atom. The number of hydrogen-bond acceptors (Lipinski definition) is 4. The fourth-order valence-electron chi connectivity index (χ4n) is 2.19. The van der Waals surface area contributed by atoms with Crippen molar-refractivity contribution in [2.45, 2.75) is 12.7 Å². The van der Waals surface area contributed by atoms with Crippen LogP contribution in [0, 0.1) is 5.82 Å². The van der Waals surface area contributed by atoms with Gasteiger partial charge in [0.1, 0.15) is 5.82 Å². The highest BCUT2D eigenvalue weighted by Crippen LogP contribution is 2.29. The Morgan fingerprint density at radius 3 is 2.30 bits per heavy atom. The number of carbonyl (C=O) groups excluding carboxylic acids is 1. The van der Waals surface area contributed by atoms with Gasteiger partial charge in [0, 0.05) is 5.56 Å². The summed E-state index contributed by atoms with van der Waals surface area (Å²) in [7, 11) is 0. The lowest BCUT2D eigenvalue weighted by atomic mass is 10.1. The molecule has 0 unspecified atom stereocenters. The van der Waals surface area contributed by atoms with E-state index < -0.39 is 29.2 Å². The normalized spacial score (nSPS) is 11.4. The SMILES string of the molecule is O=C(Nc1nc(=O)n(Cc2ccc(C(F)(F)F)cc2)s1)c1ccc(F)cc1. The van der Waals surface area contributed by atoms with Crippen LogP contribution in [0.1, 0.15) is 21.5 Å². The largest absolute Gasteiger partial charge is 0.416 e. The molecule has 0 bridgehead atoms. The number of hydrogen-bond donors (Lipinski definition) is 1. The molecule has 0 spiro atoms. The highest BCUT2D eigenvalue weighted by Gasteiger charge is 2.29. The minimum atomic E-state index is -4.43. The first-order valence-corrected chi connectivity index (χ1v) is 8.31. The van der Waals surface area contributed by atoms with Crippen molar-refractivity contribution in [1.29, 1.82) is 0 Å². The molecule has 1 aromatic heterocycles. The van der Waals surface area contributed by atoms with Crippen LogP contribution in [0.25, 0.3) is 0 Å². The van der Waals surface area contributed by atoms with Gasteiger partial charge in [0.2, 0.25) is 5.13 Å². The number of nitrogens with zero attached hydrogens (tertiary/aromatic N) is 2. The highest BCUT2D eigenvalue weighted by molar-refractivity contribution is 7.10. The molecule has 0 aliphatic heterocycles. The van der Waals surface area contributed by atoms with Gasteiger partial charge in [-0.3, -0.25) is 10.1 Å². The lowest BCUT2D eigenvalue weighted by molar-refractivity contribution is -0.137. The van der Waals surface area contributed by atoms with Crippen LogP contribution in [-0.2, 0) is 12.7 Å². The third-order valence-electron chi connectivity index (χ3n) is 3.54. The summed E-state index contributed by atoms with van der Waals surface area (Å²) in [6.07, 6.45) is -4.43. The summed E-state index contributed by atoms with van der Waals surface area (Å²) >= 11 is 0.855. The molecule has 2 aromatic carbocycles. The molecule has 27 heavy (non-hydrogen) atoms. The molecular weight excluding hydrogens is 386 g/mol.